The van der Waals surface area contributed by atoms with Crippen LogP contribution in [-0.4, -0.2) is 19.6 Å². The zero-order valence-electron chi connectivity index (χ0n) is 13.1. The largest absolute Gasteiger partial charge is 0.314 e. The van der Waals surface area contributed by atoms with Gasteiger partial charge in [-0.3, -0.25) is 24.9 Å². The van der Waals surface area contributed by atoms with Gasteiger partial charge in [-0.25, -0.2) is 0 Å². The van der Waals surface area contributed by atoms with E-state index in [9.17, 15) is 20.2 Å². The number of nitrogens with zero attached hydrogens (tertiary/aromatic N) is 4. The van der Waals surface area contributed by atoms with E-state index in [4.69, 9.17) is 0 Å². The van der Waals surface area contributed by atoms with E-state index in [0.29, 0.717) is 18.5 Å². The molecule has 1 heterocycles. The number of aromatic nitrogens is 2. The van der Waals surface area contributed by atoms with Crippen molar-refractivity contribution in [2.75, 3.05) is 0 Å². The first kappa shape index (κ1) is 16.3. The summed E-state index contributed by atoms with van der Waals surface area (Å²) in [5.41, 5.74) is 1.44. The Morgan fingerprint density at radius 2 is 1.72 bits per heavy atom. The highest BCUT2D eigenvalue weighted by Gasteiger charge is 2.23. The number of benzene rings is 2. The highest BCUT2D eigenvalue weighted by Crippen LogP contribution is 2.31. The first-order valence-corrected chi connectivity index (χ1v) is 7.55. The molecule has 0 amide bonds. The maximum atomic E-state index is 11.3. The normalized spacial score (nSPS) is 10.6. The molecule has 0 unspecified atom stereocenters. The van der Waals surface area contributed by atoms with Crippen LogP contribution >= 0.6 is 0 Å². The molecule has 0 aliphatic rings. The van der Waals surface area contributed by atoms with Gasteiger partial charge in [-0.1, -0.05) is 42.5 Å². The molecule has 0 aliphatic heterocycles. The number of hydrogen-bond donors (Lipinski definition) is 0. The second-order valence-corrected chi connectivity index (χ2v) is 5.40. The highest BCUT2D eigenvalue weighted by atomic mass is 16.6. The first-order valence-electron chi connectivity index (χ1n) is 7.55. The van der Waals surface area contributed by atoms with Crippen LogP contribution in [0.15, 0.2) is 60.8 Å². The van der Waals surface area contributed by atoms with E-state index < -0.39 is 9.85 Å². The molecule has 3 rings (SSSR count). The number of aryl methyl sites for hydroxylation is 2. The van der Waals surface area contributed by atoms with Gasteiger partial charge in [-0.15, -0.1) is 0 Å². The van der Waals surface area contributed by atoms with Gasteiger partial charge in [0.1, 0.15) is 11.9 Å². The third-order valence-corrected chi connectivity index (χ3v) is 3.80. The Hall–Kier alpha value is -3.55. The molecule has 8 heteroatoms. The summed E-state index contributed by atoms with van der Waals surface area (Å²) in [7, 11) is 0. The maximum absolute atomic E-state index is 11.3. The van der Waals surface area contributed by atoms with Crippen molar-refractivity contribution in [3.05, 3.63) is 86.6 Å². The first-order chi connectivity index (χ1) is 12.1. The van der Waals surface area contributed by atoms with Gasteiger partial charge in [0.25, 0.3) is 5.69 Å². The molecule has 0 bridgehead atoms. The van der Waals surface area contributed by atoms with Crippen LogP contribution in [-0.2, 0) is 13.0 Å². The van der Waals surface area contributed by atoms with Crippen LogP contribution in [0.3, 0.4) is 0 Å². The van der Waals surface area contributed by atoms with Crippen LogP contribution in [0.2, 0.25) is 0 Å². The van der Waals surface area contributed by atoms with E-state index in [-0.39, 0.29) is 17.1 Å². The fourth-order valence-electron chi connectivity index (χ4n) is 2.62. The Kier molecular flexibility index (Phi) is 4.51. The van der Waals surface area contributed by atoms with Crippen LogP contribution in [0, 0.1) is 20.2 Å². The molecular formula is C17H14N4O4. The Labute approximate surface area is 142 Å². The molecule has 0 atom stereocenters. The SMILES string of the molecule is O=[N+]([O-])c1cccc(-c2c([N+](=O)[O-])cnn2CCc2ccccc2)c1. The minimum atomic E-state index is -0.528. The van der Waals surface area contributed by atoms with E-state index in [1.54, 1.807) is 6.07 Å². The van der Waals surface area contributed by atoms with Gasteiger partial charge in [-0.05, 0) is 12.0 Å². The lowest BCUT2D eigenvalue weighted by molar-refractivity contribution is -0.385. The molecule has 3 aromatic rings. The standard InChI is InChI=1S/C17H14N4O4/c22-20(23)15-8-4-7-14(11-15)17-16(21(24)25)12-18-19(17)10-9-13-5-2-1-3-6-13/h1-8,11-12H,9-10H2. The lowest BCUT2D eigenvalue weighted by Gasteiger charge is -2.07. The summed E-state index contributed by atoms with van der Waals surface area (Å²) in [6.45, 7) is 0.426. The average molecular weight is 338 g/mol. The summed E-state index contributed by atoms with van der Waals surface area (Å²) in [4.78, 5) is 21.3. The van der Waals surface area contributed by atoms with Gasteiger partial charge in [0, 0.05) is 24.2 Å². The van der Waals surface area contributed by atoms with Crippen molar-refractivity contribution in [3.63, 3.8) is 0 Å². The van der Waals surface area contributed by atoms with E-state index in [0.717, 1.165) is 5.56 Å². The molecule has 2 aromatic carbocycles. The lowest BCUT2D eigenvalue weighted by atomic mass is 10.1. The van der Waals surface area contributed by atoms with E-state index in [2.05, 4.69) is 5.10 Å². The van der Waals surface area contributed by atoms with Crippen molar-refractivity contribution >= 4 is 11.4 Å². The number of nitro benzene ring substituents is 1. The molecule has 0 spiro atoms. The summed E-state index contributed by atoms with van der Waals surface area (Å²) in [6.07, 6.45) is 1.82. The van der Waals surface area contributed by atoms with Gasteiger partial charge in [0.15, 0.2) is 0 Å². The molecule has 0 saturated heterocycles. The van der Waals surface area contributed by atoms with Crippen LogP contribution in [0.5, 0.6) is 0 Å². The fraction of sp³-hybridized carbons (Fsp3) is 0.118. The second-order valence-electron chi connectivity index (χ2n) is 5.40. The van der Waals surface area contributed by atoms with Crippen molar-refractivity contribution in [1.29, 1.82) is 0 Å². The van der Waals surface area contributed by atoms with E-state index in [1.807, 2.05) is 30.3 Å². The van der Waals surface area contributed by atoms with Crippen molar-refractivity contribution in [2.45, 2.75) is 13.0 Å². The monoisotopic (exact) mass is 338 g/mol. The molecule has 126 valence electrons. The van der Waals surface area contributed by atoms with Crippen molar-refractivity contribution < 1.29 is 9.85 Å². The number of nitro groups is 2. The predicted octanol–water partition coefficient (Wildman–Crippen LogP) is 3.61. The summed E-state index contributed by atoms with van der Waals surface area (Å²) in [5, 5.41) is 26.4. The van der Waals surface area contributed by atoms with Gasteiger partial charge < -0.3 is 0 Å². The van der Waals surface area contributed by atoms with Gasteiger partial charge in [-0.2, -0.15) is 5.10 Å². The summed E-state index contributed by atoms with van der Waals surface area (Å²) in [6, 6.07) is 15.5. The van der Waals surface area contributed by atoms with Crippen molar-refractivity contribution in [3.8, 4) is 11.3 Å². The summed E-state index contributed by atoms with van der Waals surface area (Å²) < 4.78 is 1.52. The van der Waals surface area contributed by atoms with Crippen LogP contribution in [0.1, 0.15) is 5.56 Å². The van der Waals surface area contributed by atoms with E-state index >= 15 is 0 Å². The molecule has 25 heavy (non-hydrogen) atoms. The number of hydrogen-bond acceptors (Lipinski definition) is 5. The second kappa shape index (κ2) is 6.91. The van der Waals surface area contributed by atoms with Gasteiger partial charge in [0.2, 0.25) is 0 Å². The molecule has 0 aliphatic carbocycles. The Balaban J connectivity index is 1.99. The Morgan fingerprint density at radius 1 is 0.960 bits per heavy atom. The van der Waals surface area contributed by atoms with Crippen molar-refractivity contribution in [1.82, 2.24) is 9.78 Å². The van der Waals surface area contributed by atoms with Gasteiger partial charge in [0.05, 0.1) is 9.85 Å². The summed E-state index contributed by atoms with van der Waals surface area (Å²) >= 11 is 0. The molecule has 1 aromatic heterocycles. The van der Waals surface area contributed by atoms with Crippen LogP contribution in [0.25, 0.3) is 11.3 Å². The third kappa shape index (κ3) is 3.52. The smallest absolute Gasteiger partial charge is 0.258 e. The third-order valence-electron chi connectivity index (χ3n) is 3.80. The lowest BCUT2D eigenvalue weighted by Crippen LogP contribution is -2.06. The Bertz CT molecular complexity index is 921. The quantitative estimate of drug-likeness (QED) is 0.504. The minimum Gasteiger partial charge on any atom is -0.258 e. The summed E-state index contributed by atoms with van der Waals surface area (Å²) in [5.74, 6) is 0. The Morgan fingerprint density at radius 3 is 2.40 bits per heavy atom. The number of rotatable bonds is 6. The van der Waals surface area contributed by atoms with Crippen molar-refractivity contribution in [2.24, 2.45) is 0 Å². The molecule has 0 fully saturated rings. The van der Waals surface area contributed by atoms with Crippen LogP contribution < -0.4 is 0 Å². The molecule has 8 nitrogen and oxygen atoms in total. The number of non-ortho nitro benzene ring substituents is 1. The maximum Gasteiger partial charge on any atom is 0.314 e. The van der Waals surface area contributed by atoms with E-state index in [1.165, 1.54) is 29.1 Å². The average Bonchev–Trinajstić information content (AvgIpc) is 3.05. The van der Waals surface area contributed by atoms with Crippen LogP contribution in [0.4, 0.5) is 11.4 Å². The molecule has 0 saturated carbocycles. The predicted molar refractivity (Wildman–Crippen MR) is 91.1 cm³/mol. The van der Waals surface area contributed by atoms with Gasteiger partial charge >= 0.3 is 5.69 Å². The zero-order valence-corrected chi connectivity index (χ0v) is 13.1. The highest BCUT2D eigenvalue weighted by molar-refractivity contribution is 5.71. The zero-order chi connectivity index (χ0) is 17.8. The topological polar surface area (TPSA) is 104 Å². The minimum absolute atomic E-state index is 0.123. The molecule has 0 radical (unpaired) electrons. The fourth-order valence-corrected chi connectivity index (χ4v) is 2.62. The molecule has 0 N–H and O–H groups in total. The molecular weight excluding hydrogens is 324 g/mol.